The molecule has 1 aromatic heterocycles. The van der Waals surface area contributed by atoms with Gasteiger partial charge in [0.15, 0.2) is 0 Å². The highest BCUT2D eigenvalue weighted by molar-refractivity contribution is 5.95. The minimum absolute atomic E-state index is 0.0533. The lowest BCUT2D eigenvalue weighted by Crippen LogP contribution is -2.46. The molecule has 1 saturated heterocycles. The molecule has 3 aromatic carbocycles. The van der Waals surface area contributed by atoms with Crippen LogP contribution in [0.4, 0.5) is 4.39 Å². The highest BCUT2D eigenvalue weighted by atomic mass is 19.1. The second kappa shape index (κ2) is 11.0. The molecule has 6 nitrogen and oxygen atoms in total. The van der Waals surface area contributed by atoms with Crippen LogP contribution in [-0.2, 0) is 4.79 Å². The number of carbonyl (C=O) groups is 2. The number of rotatable bonds is 6. The Morgan fingerprint density at radius 2 is 1.54 bits per heavy atom. The van der Waals surface area contributed by atoms with Crippen molar-refractivity contribution in [3.05, 3.63) is 114 Å². The summed E-state index contributed by atoms with van der Waals surface area (Å²) in [4.78, 5) is 27.0. The van der Waals surface area contributed by atoms with Crippen LogP contribution in [-0.4, -0.2) is 45.6 Å². The molecule has 7 heteroatoms. The van der Waals surface area contributed by atoms with Crippen LogP contribution in [0.25, 0.3) is 23.0 Å². The average Bonchev–Trinajstić information content (AvgIpc) is 3.38. The summed E-state index contributed by atoms with van der Waals surface area (Å²) in [5.41, 5.74) is 3.59. The lowest BCUT2D eigenvalue weighted by molar-refractivity contribution is -0.117. The van der Waals surface area contributed by atoms with Gasteiger partial charge in [-0.15, -0.1) is 0 Å². The standard InChI is InChI=1S/C30H27FN4O2/c31-27-14-8-7-13-26(27)30(37)34-19-17-24(18-20-34)32-28(36)16-15-23-21-35(25-11-5-2-6-12-25)33-29(23)22-9-3-1-4-10-22/h1-16,21,24H,17-20H2,(H,32,36). The van der Waals surface area contributed by atoms with E-state index in [1.54, 1.807) is 23.1 Å². The predicted molar refractivity (Wildman–Crippen MR) is 142 cm³/mol. The largest absolute Gasteiger partial charge is 0.350 e. The van der Waals surface area contributed by atoms with E-state index in [2.05, 4.69) is 5.32 Å². The van der Waals surface area contributed by atoms with Crippen LogP contribution in [0.2, 0.25) is 0 Å². The predicted octanol–water partition coefficient (Wildman–Crippen LogP) is 5.11. The zero-order valence-electron chi connectivity index (χ0n) is 20.3. The molecule has 4 aromatic rings. The number of nitrogens with one attached hydrogen (secondary N) is 1. The number of halogens is 1. The van der Waals surface area contributed by atoms with Crippen molar-refractivity contribution >= 4 is 17.9 Å². The van der Waals surface area contributed by atoms with Gasteiger partial charge in [0.1, 0.15) is 5.82 Å². The quantitative estimate of drug-likeness (QED) is 0.379. The van der Waals surface area contributed by atoms with E-state index in [0.717, 1.165) is 22.5 Å². The lowest BCUT2D eigenvalue weighted by atomic mass is 10.0. The Morgan fingerprint density at radius 3 is 2.24 bits per heavy atom. The van der Waals surface area contributed by atoms with Crippen molar-refractivity contribution < 1.29 is 14.0 Å². The molecule has 0 saturated carbocycles. The first-order valence-corrected chi connectivity index (χ1v) is 12.3. The smallest absolute Gasteiger partial charge is 0.256 e. The molecule has 0 aliphatic carbocycles. The first-order chi connectivity index (χ1) is 18.1. The minimum atomic E-state index is -0.515. The monoisotopic (exact) mass is 494 g/mol. The van der Waals surface area contributed by atoms with Crippen molar-refractivity contribution in [2.75, 3.05) is 13.1 Å². The molecular weight excluding hydrogens is 467 g/mol. The summed E-state index contributed by atoms with van der Waals surface area (Å²) in [5, 5.41) is 7.80. The van der Waals surface area contributed by atoms with Crippen LogP contribution < -0.4 is 5.32 Å². The fourth-order valence-corrected chi connectivity index (χ4v) is 4.49. The Morgan fingerprint density at radius 1 is 0.892 bits per heavy atom. The van der Waals surface area contributed by atoms with Gasteiger partial charge in [-0.05, 0) is 43.2 Å². The molecule has 1 aliphatic heterocycles. The molecule has 0 spiro atoms. The Bertz CT molecular complexity index is 1410. The van der Waals surface area contributed by atoms with Gasteiger partial charge in [-0.25, -0.2) is 9.07 Å². The molecule has 186 valence electrons. The first-order valence-electron chi connectivity index (χ1n) is 12.3. The molecule has 0 radical (unpaired) electrons. The molecule has 5 rings (SSSR count). The molecule has 1 aliphatic rings. The SMILES string of the molecule is O=C(C=Cc1cn(-c2ccccc2)nc1-c1ccccc1)NC1CCN(C(=O)c2ccccc2F)CC1. The number of nitrogens with zero attached hydrogens (tertiary/aromatic N) is 3. The summed E-state index contributed by atoms with van der Waals surface area (Å²) in [6.45, 7) is 0.924. The first kappa shape index (κ1) is 24.2. The van der Waals surface area contributed by atoms with Crippen molar-refractivity contribution in [2.24, 2.45) is 0 Å². The van der Waals surface area contributed by atoms with Crippen LogP contribution in [0.15, 0.2) is 97.2 Å². The summed E-state index contributed by atoms with van der Waals surface area (Å²) >= 11 is 0. The van der Waals surface area contributed by atoms with Crippen molar-refractivity contribution in [3.63, 3.8) is 0 Å². The number of hydrogen-bond donors (Lipinski definition) is 1. The normalized spacial score (nSPS) is 14.1. The fourth-order valence-electron chi connectivity index (χ4n) is 4.49. The molecular formula is C30H27FN4O2. The van der Waals surface area contributed by atoms with Gasteiger partial charge in [-0.3, -0.25) is 9.59 Å². The molecule has 2 amide bonds. The van der Waals surface area contributed by atoms with Crippen LogP contribution in [0, 0.1) is 5.82 Å². The maximum Gasteiger partial charge on any atom is 0.256 e. The third kappa shape index (κ3) is 5.67. The molecule has 37 heavy (non-hydrogen) atoms. The Labute approximate surface area is 215 Å². The summed E-state index contributed by atoms with van der Waals surface area (Å²) in [5.74, 6) is -1.03. The second-order valence-electron chi connectivity index (χ2n) is 8.97. The lowest BCUT2D eigenvalue weighted by Gasteiger charge is -2.32. The fraction of sp³-hybridized carbons (Fsp3) is 0.167. The van der Waals surface area contributed by atoms with E-state index < -0.39 is 5.82 Å². The van der Waals surface area contributed by atoms with E-state index in [-0.39, 0.29) is 23.4 Å². The molecule has 0 unspecified atom stereocenters. The second-order valence-corrected chi connectivity index (χ2v) is 8.97. The number of para-hydroxylation sites is 1. The van der Waals surface area contributed by atoms with E-state index in [4.69, 9.17) is 5.10 Å². The number of piperidine rings is 1. The zero-order chi connectivity index (χ0) is 25.6. The Balaban J connectivity index is 1.24. The van der Waals surface area contributed by atoms with E-state index in [1.807, 2.05) is 71.5 Å². The molecule has 1 fully saturated rings. The van der Waals surface area contributed by atoms with Crippen LogP contribution in [0.5, 0.6) is 0 Å². The van der Waals surface area contributed by atoms with Crippen molar-refractivity contribution in [3.8, 4) is 16.9 Å². The van der Waals surface area contributed by atoms with Gasteiger partial charge >= 0.3 is 0 Å². The molecule has 0 bridgehead atoms. The van der Waals surface area contributed by atoms with Gasteiger partial charge < -0.3 is 10.2 Å². The third-order valence-corrected chi connectivity index (χ3v) is 6.46. The van der Waals surface area contributed by atoms with Crippen LogP contribution >= 0.6 is 0 Å². The third-order valence-electron chi connectivity index (χ3n) is 6.46. The number of benzene rings is 3. The summed E-state index contributed by atoms with van der Waals surface area (Å²) in [7, 11) is 0. The number of carbonyl (C=O) groups excluding carboxylic acids is 2. The zero-order valence-corrected chi connectivity index (χ0v) is 20.3. The van der Waals surface area contributed by atoms with Crippen LogP contribution in [0.3, 0.4) is 0 Å². The van der Waals surface area contributed by atoms with Gasteiger partial charge in [-0.2, -0.15) is 5.10 Å². The van der Waals surface area contributed by atoms with Gasteiger partial charge in [0.05, 0.1) is 16.9 Å². The summed E-state index contributed by atoms with van der Waals surface area (Å²) in [6, 6.07) is 25.6. The van der Waals surface area contributed by atoms with E-state index in [1.165, 1.54) is 18.2 Å². The van der Waals surface area contributed by atoms with Crippen LogP contribution in [0.1, 0.15) is 28.8 Å². The number of likely N-dealkylation sites (tertiary alicyclic amines) is 1. The number of aromatic nitrogens is 2. The molecule has 1 N–H and O–H groups in total. The Hall–Kier alpha value is -4.52. The molecule has 0 atom stereocenters. The number of amides is 2. The van der Waals surface area contributed by atoms with Gasteiger partial charge in [0.25, 0.3) is 5.91 Å². The summed E-state index contributed by atoms with van der Waals surface area (Å²) in [6.07, 6.45) is 6.44. The van der Waals surface area contributed by atoms with Crippen molar-refractivity contribution in [2.45, 2.75) is 18.9 Å². The van der Waals surface area contributed by atoms with Gasteiger partial charge in [-0.1, -0.05) is 60.7 Å². The van der Waals surface area contributed by atoms with E-state index >= 15 is 0 Å². The Kier molecular flexibility index (Phi) is 7.21. The highest BCUT2D eigenvalue weighted by Crippen LogP contribution is 2.25. The maximum absolute atomic E-state index is 14.0. The van der Waals surface area contributed by atoms with E-state index in [0.29, 0.717) is 25.9 Å². The van der Waals surface area contributed by atoms with Crippen molar-refractivity contribution in [1.82, 2.24) is 20.0 Å². The van der Waals surface area contributed by atoms with E-state index in [9.17, 15) is 14.0 Å². The summed E-state index contributed by atoms with van der Waals surface area (Å²) < 4.78 is 15.8. The number of hydrogen-bond acceptors (Lipinski definition) is 3. The van der Waals surface area contributed by atoms with Gasteiger partial charge in [0.2, 0.25) is 5.91 Å². The maximum atomic E-state index is 14.0. The molecule has 2 heterocycles. The average molecular weight is 495 g/mol. The van der Waals surface area contributed by atoms with Crippen molar-refractivity contribution in [1.29, 1.82) is 0 Å². The van der Waals surface area contributed by atoms with Gasteiger partial charge in [0, 0.05) is 42.5 Å². The topological polar surface area (TPSA) is 67.2 Å². The minimum Gasteiger partial charge on any atom is -0.350 e. The highest BCUT2D eigenvalue weighted by Gasteiger charge is 2.25.